The maximum Gasteiger partial charge on any atom is 0.322 e. The van der Waals surface area contributed by atoms with Crippen LogP contribution in [-0.2, 0) is 6.42 Å². The van der Waals surface area contributed by atoms with Crippen LogP contribution in [0, 0.1) is 13.8 Å². The van der Waals surface area contributed by atoms with Crippen molar-refractivity contribution >= 4 is 34.9 Å². The number of nitrogens with zero attached hydrogens (tertiary/aromatic N) is 3. The highest BCUT2D eigenvalue weighted by molar-refractivity contribution is 6.35. The lowest BCUT2D eigenvalue weighted by Crippen LogP contribution is -2.38. The van der Waals surface area contributed by atoms with E-state index in [1.54, 1.807) is 23.9 Å². The zero-order valence-electron chi connectivity index (χ0n) is 16.9. The van der Waals surface area contributed by atoms with E-state index in [0.717, 1.165) is 22.5 Å². The number of likely N-dealkylation sites (N-methyl/N-ethyl adjacent to an activating group) is 1. The van der Waals surface area contributed by atoms with Crippen molar-refractivity contribution < 1.29 is 9.90 Å². The average molecular weight is 445 g/mol. The van der Waals surface area contributed by atoms with Gasteiger partial charge in [-0.15, -0.1) is 0 Å². The fourth-order valence-corrected chi connectivity index (χ4v) is 4.65. The number of benzene rings is 2. The van der Waals surface area contributed by atoms with Crippen LogP contribution >= 0.6 is 23.2 Å². The Bertz CT molecular complexity index is 1110. The third kappa shape index (κ3) is 3.55. The first-order valence-electron chi connectivity index (χ1n) is 9.59. The van der Waals surface area contributed by atoms with Gasteiger partial charge in [-0.3, -0.25) is 0 Å². The molecule has 0 saturated heterocycles. The number of amides is 2. The Morgan fingerprint density at radius 1 is 1.23 bits per heavy atom. The predicted octanol–water partition coefficient (Wildman–Crippen LogP) is 4.92. The van der Waals surface area contributed by atoms with Gasteiger partial charge in [-0.25, -0.2) is 9.48 Å². The number of para-hydroxylation sites is 1. The number of halogens is 2. The summed E-state index contributed by atoms with van der Waals surface area (Å²) in [5.74, 6) is 0. The Morgan fingerprint density at radius 3 is 2.63 bits per heavy atom. The molecule has 0 saturated carbocycles. The quantitative estimate of drug-likeness (QED) is 0.602. The van der Waals surface area contributed by atoms with Gasteiger partial charge in [0.15, 0.2) is 0 Å². The lowest BCUT2D eigenvalue weighted by molar-refractivity contribution is 0.0934. The third-order valence-corrected chi connectivity index (χ3v) is 6.11. The molecule has 2 N–H and O–H groups in total. The minimum atomic E-state index is -0.763. The van der Waals surface area contributed by atoms with Gasteiger partial charge in [0.05, 0.1) is 34.9 Å². The Hall–Kier alpha value is -2.54. The molecular weight excluding hydrogens is 423 g/mol. The number of hydrogen-bond acceptors (Lipinski definition) is 3. The van der Waals surface area contributed by atoms with Gasteiger partial charge in [-0.1, -0.05) is 41.4 Å². The molecule has 2 aromatic carbocycles. The largest absolute Gasteiger partial charge is 0.390 e. The molecule has 30 heavy (non-hydrogen) atoms. The lowest BCUT2D eigenvalue weighted by atomic mass is 10.1. The summed E-state index contributed by atoms with van der Waals surface area (Å²) in [4.78, 5) is 14.6. The van der Waals surface area contributed by atoms with Crippen LogP contribution in [0.15, 0.2) is 42.5 Å². The Morgan fingerprint density at radius 2 is 1.93 bits per heavy atom. The summed E-state index contributed by atoms with van der Waals surface area (Å²) in [5, 5.41) is 19.1. The maximum absolute atomic E-state index is 13.1. The van der Waals surface area contributed by atoms with Crippen molar-refractivity contribution in [1.82, 2.24) is 14.7 Å². The summed E-state index contributed by atoms with van der Waals surface area (Å²) in [6.45, 7) is 3.75. The van der Waals surface area contributed by atoms with Crippen molar-refractivity contribution in [2.75, 3.05) is 12.4 Å². The highest BCUT2D eigenvalue weighted by Gasteiger charge is 2.38. The van der Waals surface area contributed by atoms with E-state index >= 15 is 0 Å². The van der Waals surface area contributed by atoms with Gasteiger partial charge in [0, 0.05) is 23.5 Å². The summed E-state index contributed by atoms with van der Waals surface area (Å²) in [6.07, 6.45) is -0.390. The van der Waals surface area contributed by atoms with Crippen molar-refractivity contribution in [3.05, 3.63) is 75.0 Å². The number of rotatable bonds is 3. The molecule has 6 nitrogen and oxygen atoms in total. The number of urea groups is 1. The zero-order valence-corrected chi connectivity index (χ0v) is 18.4. The molecule has 8 heteroatoms. The second-order valence-electron chi connectivity index (χ2n) is 7.51. The van der Waals surface area contributed by atoms with E-state index < -0.39 is 12.1 Å². The Balaban J connectivity index is 1.61. The molecule has 1 heterocycles. The molecule has 3 aromatic rings. The Kier molecular flexibility index (Phi) is 5.49. The molecule has 4 rings (SSSR count). The van der Waals surface area contributed by atoms with Gasteiger partial charge in [0.2, 0.25) is 0 Å². The van der Waals surface area contributed by atoms with E-state index in [1.807, 2.05) is 44.2 Å². The number of aromatic nitrogens is 2. The van der Waals surface area contributed by atoms with Crippen LogP contribution in [0.2, 0.25) is 10.0 Å². The summed E-state index contributed by atoms with van der Waals surface area (Å²) in [6, 6.07) is 12.3. The molecule has 0 radical (unpaired) electrons. The first kappa shape index (κ1) is 20.7. The first-order valence-corrected chi connectivity index (χ1v) is 10.3. The van der Waals surface area contributed by atoms with E-state index in [9.17, 15) is 9.90 Å². The molecule has 1 aromatic heterocycles. The van der Waals surface area contributed by atoms with Crippen LogP contribution in [0.3, 0.4) is 0 Å². The van der Waals surface area contributed by atoms with Crippen LogP contribution in [0.25, 0.3) is 5.69 Å². The molecular formula is C22H22Cl2N4O2. The fraction of sp³-hybridized carbons (Fsp3) is 0.273. The van der Waals surface area contributed by atoms with Gasteiger partial charge in [0.1, 0.15) is 0 Å². The monoisotopic (exact) mass is 444 g/mol. The maximum atomic E-state index is 13.1. The Labute approximate surface area is 185 Å². The van der Waals surface area contributed by atoms with Crippen molar-refractivity contribution in [2.24, 2.45) is 0 Å². The highest BCUT2D eigenvalue weighted by Crippen LogP contribution is 2.41. The van der Waals surface area contributed by atoms with Crippen molar-refractivity contribution in [3.8, 4) is 5.69 Å². The molecule has 1 aliphatic rings. The molecule has 156 valence electrons. The summed E-state index contributed by atoms with van der Waals surface area (Å²) < 4.78 is 1.80. The normalized spacial score (nSPS) is 17.7. The van der Waals surface area contributed by atoms with Gasteiger partial charge in [-0.05, 0) is 49.2 Å². The van der Waals surface area contributed by atoms with Crippen LogP contribution in [-0.4, -0.2) is 39.0 Å². The van der Waals surface area contributed by atoms with Crippen LogP contribution in [0.4, 0.5) is 10.5 Å². The second kappa shape index (κ2) is 7.95. The standard InChI is InChI=1S/C22H22Cl2N4O2/c1-12-20(13(2)28(26-12)15-7-5-4-6-8-15)25-22(30)27(3)21-17-9-14(23)10-18(24)16(17)11-19(21)29/h4-10,19,21,29H,11H2,1-3H3,(H,25,30). The van der Waals surface area contributed by atoms with Gasteiger partial charge in [0.25, 0.3) is 0 Å². The molecule has 2 unspecified atom stereocenters. The minimum Gasteiger partial charge on any atom is -0.390 e. The number of carbonyl (C=O) groups is 1. The number of aryl methyl sites for hydroxylation is 1. The van der Waals surface area contributed by atoms with Gasteiger partial charge < -0.3 is 15.3 Å². The van der Waals surface area contributed by atoms with E-state index in [0.29, 0.717) is 27.8 Å². The number of aliphatic hydroxyl groups excluding tert-OH is 1. The van der Waals surface area contributed by atoms with Crippen LogP contribution in [0.1, 0.15) is 28.6 Å². The SMILES string of the molecule is Cc1nn(-c2ccccc2)c(C)c1NC(=O)N(C)C1c2cc(Cl)cc(Cl)c2CC1O. The van der Waals surface area contributed by atoms with Gasteiger partial charge in [-0.2, -0.15) is 5.10 Å². The van der Waals surface area contributed by atoms with E-state index in [2.05, 4.69) is 10.4 Å². The van der Waals surface area contributed by atoms with E-state index in [4.69, 9.17) is 23.2 Å². The van der Waals surface area contributed by atoms with Crippen LogP contribution < -0.4 is 5.32 Å². The fourth-order valence-electron chi connectivity index (χ4n) is 4.06. The average Bonchev–Trinajstić information content (AvgIpc) is 3.19. The summed E-state index contributed by atoms with van der Waals surface area (Å²) in [7, 11) is 1.65. The van der Waals surface area contributed by atoms with Crippen LogP contribution in [0.5, 0.6) is 0 Å². The smallest absolute Gasteiger partial charge is 0.322 e. The minimum absolute atomic E-state index is 0.346. The predicted molar refractivity (Wildman–Crippen MR) is 119 cm³/mol. The number of hydrogen-bond donors (Lipinski definition) is 2. The van der Waals surface area contributed by atoms with E-state index in [-0.39, 0.29) is 6.03 Å². The molecule has 2 atom stereocenters. The van der Waals surface area contributed by atoms with Gasteiger partial charge >= 0.3 is 6.03 Å². The number of anilines is 1. The first-order chi connectivity index (χ1) is 14.3. The lowest BCUT2D eigenvalue weighted by Gasteiger charge is -2.28. The molecule has 0 bridgehead atoms. The second-order valence-corrected chi connectivity index (χ2v) is 8.35. The van der Waals surface area contributed by atoms with Crippen molar-refractivity contribution in [2.45, 2.75) is 32.4 Å². The van der Waals surface area contributed by atoms with Crippen molar-refractivity contribution in [1.29, 1.82) is 0 Å². The molecule has 0 fully saturated rings. The zero-order chi connectivity index (χ0) is 21.6. The topological polar surface area (TPSA) is 70.4 Å². The number of fused-ring (bicyclic) bond motifs is 1. The molecule has 0 aliphatic heterocycles. The van der Waals surface area contributed by atoms with E-state index in [1.165, 1.54) is 4.90 Å². The summed E-state index contributed by atoms with van der Waals surface area (Å²) in [5.41, 5.74) is 4.67. The third-order valence-electron chi connectivity index (χ3n) is 5.55. The highest BCUT2D eigenvalue weighted by atomic mass is 35.5. The molecule has 1 aliphatic carbocycles. The number of carbonyl (C=O) groups excluding carboxylic acids is 1. The number of aliphatic hydroxyl groups is 1. The summed E-state index contributed by atoms with van der Waals surface area (Å²) >= 11 is 12.5. The number of nitrogens with one attached hydrogen (secondary N) is 1. The van der Waals surface area contributed by atoms with Crippen molar-refractivity contribution in [3.63, 3.8) is 0 Å². The molecule has 0 spiro atoms. The molecule has 2 amide bonds.